The number of benzene rings is 2. The SMILES string of the molecule is COc1ccc2c(sc3c(C)c(C)ccc32)c1C. The summed E-state index contributed by atoms with van der Waals surface area (Å²) in [4.78, 5) is 0. The fourth-order valence-electron chi connectivity index (χ4n) is 2.47. The number of fused-ring (bicyclic) bond motifs is 3. The van der Waals surface area contributed by atoms with Gasteiger partial charge >= 0.3 is 0 Å². The van der Waals surface area contributed by atoms with E-state index in [1.807, 2.05) is 11.3 Å². The van der Waals surface area contributed by atoms with Crippen molar-refractivity contribution in [3.8, 4) is 5.75 Å². The second-order valence-corrected chi connectivity index (χ2v) is 5.78. The molecule has 1 heterocycles. The molecule has 18 heavy (non-hydrogen) atoms. The highest BCUT2D eigenvalue weighted by Crippen LogP contribution is 2.40. The molecule has 0 atom stereocenters. The topological polar surface area (TPSA) is 9.23 Å². The molecule has 92 valence electrons. The summed E-state index contributed by atoms with van der Waals surface area (Å²) < 4.78 is 8.16. The van der Waals surface area contributed by atoms with Crippen molar-refractivity contribution in [2.45, 2.75) is 20.8 Å². The van der Waals surface area contributed by atoms with Gasteiger partial charge in [-0.2, -0.15) is 0 Å². The molecule has 0 aliphatic carbocycles. The van der Waals surface area contributed by atoms with E-state index in [9.17, 15) is 0 Å². The van der Waals surface area contributed by atoms with Gasteiger partial charge in [0.1, 0.15) is 5.75 Å². The molecule has 2 aromatic carbocycles. The molecule has 0 aliphatic rings. The minimum atomic E-state index is 0.975. The van der Waals surface area contributed by atoms with Crippen LogP contribution in [0.1, 0.15) is 16.7 Å². The van der Waals surface area contributed by atoms with Gasteiger partial charge in [0.25, 0.3) is 0 Å². The fraction of sp³-hybridized carbons (Fsp3) is 0.250. The Balaban J connectivity index is 2.50. The summed E-state index contributed by atoms with van der Waals surface area (Å²) in [6, 6.07) is 8.69. The van der Waals surface area contributed by atoms with Crippen molar-refractivity contribution in [1.29, 1.82) is 0 Å². The van der Waals surface area contributed by atoms with Crippen molar-refractivity contribution in [3.63, 3.8) is 0 Å². The van der Waals surface area contributed by atoms with Crippen molar-refractivity contribution in [1.82, 2.24) is 0 Å². The van der Waals surface area contributed by atoms with Gasteiger partial charge in [0.15, 0.2) is 0 Å². The molecule has 1 aromatic heterocycles. The van der Waals surface area contributed by atoms with Gasteiger partial charge in [-0.15, -0.1) is 11.3 Å². The van der Waals surface area contributed by atoms with Crippen molar-refractivity contribution in [3.05, 3.63) is 41.0 Å². The summed E-state index contributed by atoms with van der Waals surface area (Å²) in [5.41, 5.74) is 4.00. The Morgan fingerprint density at radius 3 is 2.11 bits per heavy atom. The van der Waals surface area contributed by atoms with Crippen LogP contribution in [-0.2, 0) is 0 Å². The number of hydrogen-bond acceptors (Lipinski definition) is 2. The van der Waals surface area contributed by atoms with Crippen LogP contribution in [0.4, 0.5) is 0 Å². The van der Waals surface area contributed by atoms with Crippen LogP contribution < -0.4 is 4.74 Å². The van der Waals surface area contributed by atoms with Gasteiger partial charge in [-0.25, -0.2) is 0 Å². The third-order valence-corrected chi connectivity index (χ3v) is 5.21. The summed E-state index contributed by atoms with van der Waals surface area (Å²) in [5, 5.41) is 2.71. The van der Waals surface area contributed by atoms with E-state index < -0.39 is 0 Å². The highest BCUT2D eigenvalue weighted by Gasteiger charge is 2.12. The second kappa shape index (κ2) is 3.99. The van der Waals surface area contributed by atoms with E-state index in [0.29, 0.717) is 0 Å². The number of rotatable bonds is 1. The lowest BCUT2D eigenvalue weighted by molar-refractivity contribution is 0.412. The predicted octanol–water partition coefficient (Wildman–Crippen LogP) is 4.99. The van der Waals surface area contributed by atoms with Crippen LogP contribution in [0.2, 0.25) is 0 Å². The first-order chi connectivity index (χ1) is 8.63. The number of hydrogen-bond donors (Lipinski definition) is 0. The zero-order valence-electron chi connectivity index (χ0n) is 11.1. The summed E-state index contributed by atoms with van der Waals surface area (Å²) in [5.74, 6) is 0.975. The summed E-state index contributed by atoms with van der Waals surface area (Å²) in [6.07, 6.45) is 0. The Hall–Kier alpha value is -1.54. The first kappa shape index (κ1) is 11.5. The van der Waals surface area contributed by atoms with Gasteiger partial charge in [0.05, 0.1) is 7.11 Å². The number of methoxy groups -OCH3 is 1. The van der Waals surface area contributed by atoms with Crippen molar-refractivity contribution in [2.24, 2.45) is 0 Å². The van der Waals surface area contributed by atoms with Crippen LogP contribution in [0, 0.1) is 20.8 Å². The van der Waals surface area contributed by atoms with Gasteiger partial charge < -0.3 is 4.74 Å². The highest BCUT2D eigenvalue weighted by molar-refractivity contribution is 7.26. The predicted molar refractivity (Wildman–Crippen MR) is 80.1 cm³/mol. The second-order valence-electron chi connectivity index (χ2n) is 4.76. The maximum Gasteiger partial charge on any atom is 0.123 e. The summed E-state index contributed by atoms with van der Waals surface area (Å²) in [7, 11) is 1.73. The number of ether oxygens (including phenoxy) is 1. The molecule has 0 aliphatic heterocycles. The largest absolute Gasteiger partial charge is 0.496 e. The summed E-state index contributed by atoms with van der Waals surface area (Å²) in [6.45, 7) is 6.52. The number of thiophene rings is 1. The maximum absolute atomic E-state index is 5.41. The molecule has 0 radical (unpaired) electrons. The zero-order chi connectivity index (χ0) is 12.9. The molecule has 0 amide bonds. The summed E-state index contributed by atoms with van der Waals surface area (Å²) >= 11 is 1.88. The molecule has 2 heteroatoms. The van der Waals surface area contributed by atoms with E-state index in [2.05, 4.69) is 45.0 Å². The molecule has 0 bridgehead atoms. The molecular formula is C16H16OS. The fourth-order valence-corrected chi connectivity index (χ4v) is 3.82. The van der Waals surface area contributed by atoms with Crippen molar-refractivity contribution >= 4 is 31.5 Å². The van der Waals surface area contributed by atoms with Crippen molar-refractivity contribution in [2.75, 3.05) is 7.11 Å². The minimum absolute atomic E-state index is 0.975. The van der Waals surface area contributed by atoms with E-state index in [4.69, 9.17) is 4.74 Å². The van der Waals surface area contributed by atoms with E-state index in [1.165, 1.54) is 36.9 Å². The average molecular weight is 256 g/mol. The Kier molecular flexibility index (Phi) is 2.56. The lowest BCUT2D eigenvalue weighted by Crippen LogP contribution is -1.85. The van der Waals surface area contributed by atoms with Crippen LogP contribution in [0.15, 0.2) is 24.3 Å². The molecule has 0 saturated carbocycles. The third kappa shape index (κ3) is 1.45. The van der Waals surface area contributed by atoms with E-state index >= 15 is 0 Å². The van der Waals surface area contributed by atoms with E-state index in [0.717, 1.165) is 5.75 Å². The quantitative estimate of drug-likeness (QED) is 0.596. The van der Waals surface area contributed by atoms with Gasteiger partial charge in [-0.3, -0.25) is 0 Å². The molecular weight excluding hydrogens is 240 g/mol. The van der Waals surface area contributed by atoms with E-state index in [1.54, 1.807) is 7.11 Å². The lowest BCUT2D eigenvalue weighted by atomic mass is 10.0. The van der Waals surface area contributed by atoms with E-state index in [-0.39, 0.29) is 0 Å². The molecule has 0 saturated heterocycles. The van der Waals surface area contributed by atoms with Crippen LogP contribution in [0.5, 0.6) is 5.75 Å². The smallest absolute Gasteiger partial charge is 0.123 e. The monoisotopic (exact) mass is 256 g/mol. The molecule has 0 unspecified atom stereocenters. The van der Waals surface area contributed by atoms with Gasteiger partial charge in [0, 0.05) is 25.7 Å². The highest BCUT2D eigenvalue weighted by atomic mass is 32.1. The number of aryl methyl sites for hydroxylation is 3. The third-order valence-electron chi connectivity index (χ3n) is 3.75. The standard InChI is InChI=1S/C16H16OS/c1-9-5-6-12-13-7-8-14(17-4)11(3)16(13)18-15(12)10(9)2/h5-8H,1-4H3. The maximum atomic E-state index is 5.41. The Bertz CT molecular complexity index is 753. The Morgan fingerprint density at radius 1 is 0.833 bits per heavy atom. The first-order valence-electron chi connectivity index (χ1n) is 6.09. The van der Waals surface area contributed by atoms with Crippen LogP contribution >= 0.6 is 11.3 Å². The normalized spacial score (nSPS) is 11.3. The molecule has 0 spiro atoms. The van der Waals surface area contributed by atoms with Gasteiger partial charge in [-0.05, 0) is 44.0 Å². The molecule has 0 N–H and O–H groups in total. The van der Waals surface area contributed by atoms with Gasteiger partial charge in [-0.1, -0.05) is 12.1 Å². The lowest BCUT2D eigenvalue weighted by Gasteiger charge is -2.04. The molecule has 1 nitrogen and oxygen atoms in total. The molecule has 3 rings (SSSR count). The first-order valence-corrected chi connectivity index (χ1v) is 6.91. The van der Waals surface area contributed by atoms with Gasteiger partial charge in [0.2, 0.25) is 0 Å². The minimum Gasteiger partial charge on any atom is -0.496 e. The average Bonchev–Trinajstić information content (AvgIpc) is 2.75. The zero-order valence-corrected chi connectivity index (χ0v) is 11.9. The molecule has 0 fully saturated rings. The Morgan fingerprint density at radius 2 is 1.44 bits per heavy atom. The molecule has 3 aromatic rings. The Labute approximate surface area is 111 Å². The van der Waals surface area contributed by atoms with Crippen molar-refractivity contribution < 1.29 is 4.74 Å². The van der Waals surface area contributed by atoms with Crippen LogP contribution in [0.25, 0.3) is 20.2 Å². The van der Waals surface area contributed by atoms with Crippen LogP contribution in [0.3, 0.4) is 0 Å². The van der Waals surface area contributed by atoms with Crippen LogP contribution in [-0.4, -0.2) is 7.11 Å².